The number of rotatable bonds is 3. The zero-order chi connectivity index (χ0) is 11.5. The molecule has 88 valence electrons. The second-order valence-corrected chi connectivity index (χ2v) is 4.55. The van der Waals surface area contributed by atoms with Crippen molar-refractivity contribution in [1.29, 1.82) is 0 Å². The zero-order valence-electron chi connectivity index (χ0n) is 9.29. The van der Waals surface area contributed by atoms with Crippen LogP contribution < -0.4 is 4.90 Å². The fourth-order valence-electron chi connectivity index (χ4n) is 2.08. The Morgan fingerprint density at radius 1 is 1.56 bits per heavy atom. The SMILES string of the molecule is Cc1ncnc(N2CCC(CCCl)C2)c1F. The van der Waals surface area contributed by atoms with Crippen molar-refractivity contribution in [3.05, 3.63) is 17.8 Å². The van der Waals surface area contributed by atoms with Crippen molar-refractivity contribution < 1.29 is 4.39 Å². The van der Waals surface area contributed by atoms with Crippen LogP contribution in [0.1, 0.15) is 18.5 Å². The van der Waals surface area contributed by atoms with E-state index in [0.717, 1.165) is 25.9 Å². The van der Waals surface area contributed by atoms with E-state index in [0.29, 0.717) is 23.3 Å². The highest BCUT2D eigenvalue weighted by atomic mass is 35.5. The van der Waals surface area contributed by atoms with Crippen molar-refractivity contribution in [1.82, 2.24) is 9.97 Å². The molecule has 2 rings (SSSR count). The Labute approximate surface area is 99.6 Å². The summed E-state index contributed by atoms with van der Waals surface area (Å²) >= 11 is 5.71. The first-order chi connectivity index (χ1) is 7.72. The highest BCUT2D eigenvalue weighted by Crippen LogP contribution is 2.26. The number of alkyl halides is 1. The summed E-state index contributed by atoms with van der Waals surface area (Å²) in [7, 11) is 0. The van der Waals surface area contributed by atoms with Crippen LogP contribution in [0.15, 0.2) is 6.33 Å². The number of aromatic nitrogens is 2. The van der Waals surface area contributed by atoms with Crippen LogP contribution in [0.4, 0.5) is 10.2 Å². The van der Waals surface area contributed by atoms with Gasteiger partial charge in [-0.3, -0.25) is 0 Å². The predicted octanol–water partition coefficient (Wildman–Crippen LogP) is 2.38. The van der Waals surface area contributed by atoms with Gasteiger partial charge in [0.2, 0.25) is 0 Å². The van der Waals surface area contributed by atoms with E-state index in [1.807, 2.05) is 4.90 Å². The lowest BCUT2D eigenvalue weighted by Gasteiger charge is -2.18. The second kappa shape index (κ2) is 4.95. The molecule has 0 aliphatic carbocycles. The highest BCUT2D eigenvalue weighted by molar-refractivity contribution is 6.17. The molecular formula is C11H15ClFN3. The first-order valence-corrected chi connectivity index (χ1v) is 6.04. The van der Waals surface area contributed by atoms with Crippen molar-refractivity contribution in [2.45, 2.75) is 19.8 Å². The molecule has 5 heteroatoms. The summed E-state index contributed by atoms with van der Waals surface area (Å²) in [4.78, 5) is 9.84. The Bertz CT molecular complexity index is 372. The molecular weight excluding hydrogens is 229 g/mol. The first-order valence-electron chi connectivity index (χ1n) is 5.50. The quantitative estimate of drug-likeness (QED) is 0.764. The van der Waals surface area contributed by atoms with Gasteiger partial charge in [-0.25, -0.2) is 14.4 Å². The van der Waals surface area contributed by atoms with Gasteiger partial charge in [-0.05, 0) is 25.7 Å². The summed E-state index contributed by atoms with van der Waals surface area (Å²) in [5.41, 5.74) is 0.408. The molecule has 1 fully saturated rings. The normalized spacial score (nSPS) is 20.4. The van der Waals surface area contributed by atoms with E-state index in [-0.39, 0.29) is 5.82 Å². The van der Waals surface area contributed by atoms with E-state index in [9.17, 15) is 4.39 Å². The van der Waals surface area contributed by atoms with Crippen LogP contribution in [-0.4, -0.2) is 28.9 Å². The molecule has 2 heterocycles. The van der Waals surface area contributed by atoms with Gasteiger partial charge in [-0.2, -0.15) is 0 Å². The third-order valence-corrected chi connectivity index (χ3v) is 3.27. The number of halogens is 2. The van der Waals surface area contributed by atoms with E-state index in [4.69, 9.17) is 11.6 Å². The number of aryl methyl sites for hydroxylation is 1. The summed E-state index contributed by atoms with van der Waals surface area (Å²) < 4.78 is 13.8. The van der Waals surface area contributed by atoms with Gasteiger partial charge in [0.05, 0.1) is 5.69 Å². The van der Waals surface area contributed by atoms with Gasteiger partial charge in [0.25, 0.3) is 0 Å². The molecule has 0 radical (unpaired) electrons. The Kier molecular flexibility index (Phi) is 3.59. The Morgan fingerprint density at radius 3 is 3.12 bits per heavy atom. The molecule has 1 aliphatic rings. The number of nitrogens with zero attached hydrogens (tertiary/aromatic N) is 3. The van der Waals surface area contributed by atoms with Crippen molar-refractivity contribution in [2.75, 3.05) is 23.9 Å². The Morgan fingerprint density at radius 2 is 2.38 bits per heavy atom. The second-order valence-electron chi connectivity index (χ2n) is 4.18. The van der Waals surface area contributed by atoms with Crippen LogP contribution in [0.5, 0.6) is 0 Å². The topological polar surface area (TPSA) is 29.0 Å². The van der Waals surface area contributed by atoms with Gasteiger partial charge in [-0.15, -0.1) is 11.6 Å². The number of hydrogen-bond donors (Lipinski definition) is 0. The summed E-state index contributed by atoms with van der Waals surface area (Å²) in [6.45, 7) is 3.36. The molecule has 0 spiro atoms. The average Bonchev–Trinajstić information content (AvgIpc) is 2.71. The molecule has 1 aliphatic heterocycles. The van der Waals surface area contributed by atoms with E-state index in [1.54, 1.807) is 6.92 Å². The molecule has 0 aromatic carbocycles. The van der Waals surface area contributed by atoms with E-state index in [1.165, 1.54) is 6.33 Å². The van der Waals surface area contributed by atoms with Crippen LogP contribution in [0.25, 0.3) is 0 Å². The van der Waals surface area contributed by atoms with Crippen LogP contribution in [-0.2, 0) is 0 Å². The molecule has 1 unspecified atom stereocenters. The van der Waals surface area contributed by atoms with Gasteiger partial charge in [0.15, 0.2) is 11.6 Å². The lowest BCUT2D eigenvalue weighted by Crippen LogP contribution is -2.22. The largest absolute Gasteiger partial charge is 0.354 e. The monoisotopic (exact) mass is 243 g/mol. The lowest BCUT2D eigenvalue weighted by atomic mass is 10.1. The fraction of sp³-hybridized carbons (Fsp3) is 0.636. The molecule has 0 bridgehead atoms. The average molecular weight is 244 g/mol. The lowest BCUT2D eigenvalue weighted by molar-refractivity contribution is 0.566. The maximum atomic E-state index is 13.8. The molecule has 1 atom stereocenters. The Hall–Kier alpha value is -0.900. The number of anilines is 1. The van der Waals surface area contributed by atoms with Gasteiger partial charge < -0.3 is 4.90 Å². The van der Waals surface area contributed by atoms with Crippen LogP contribution in [0.3, 0.4) is 0 Å². The van der Waals surface area contributed by atoms with Gasteiger partial charge in [0, 0.05) is 19.0 Å². The smallest absolute Gasteiger partial charge is 0.186 e. The predicted molar refractivity (Wildman–Crippen MR) is 62.4 cm³/mol. The van der Waals surface area contributed by atoms with E-state index < -0.39 is 0 Å². The van der Waals surface area contributed by atoms with Gasteiger partial charge in [-0.1, -0.05) is 0 Å². The zero-order valence-corrected chi connectivity index (χ0v) is 10.0. The third-order valence-electron chi connectivity index (χ3n) is 3.05. The van der Waals surface area contributed by atoms with Gasteiger partial charge in [0.1, 0.15) is 6.33 Å². The maximum Gasteiger partial charge on any atom is 0.186 e. The minimum Gasteiger partial charge on any atom is -0.354 e. The number of hydrogen-bond acceptors (Lipinski definition) is 3. The summed E-state index contributed by atoms with van der Waals surface area (Å²) in [6, 6.07) is 0. The molecule has 1 aromatic rings. The molecule has 1 saturated heterocycles. The minimum atomic E-state index is -0.297. The first kappa shape index (κ1) is 11.6. The summed E-state index contributed by atoms with van der Waals surface area (Å²) in [5, 5.41) is 0. The standard InChI is InChI=1S/C11H15ClFN3/c1-8-10(13)11(15-7-14-8)16-5-3-9(6-16)2-4-12/h7,9H,2-6H2,1H3. The van der Waals surface area contributed by atoms with Crippen LogP contribution in [0, 0.1) is 18.7 Å². The molecule has 0 N–H and O–H groups in total. The molecule has 1 aromatic heterocycles. The minimum absolute atomic E-state index is 0.297. The highest BCUT2D eigenvalue weighted by Gasteiger charge is 2.25. The fourth-order valence-corrected chi connectivity index (χ4v) is 2.39. The molecule has 0 saturated carbocycles. The van der Waals surface area contributed by atoms with Crippen molar-refractivity contribution in [3.8, 4) is 0 Å². The summed E-state index contributed by atoms with van der Waals surface area (Å²) in [5.74, 6) is 1.37. The third kappa shape index (κ3) is 2.26. The van der Waals surface area contributed by atoms with Crippen molar-refractivity contribution >= 4 is 17.4 Å². The van der Waals surface area contributed by atoms with Crippen LogP contribution >= 0.6 is 11.6 Å². The van der Waals surface area contributed by atoms with E-state index >= 15 is 0 Å². The molecule has 3 nitrogen and oxygen atoms in total. The van der Waals surface area contributed by atoms with Crippen molar-refractivity contribution in [2.24, 2.45) is 5.92 Å². The maximum absolute atomic E-state index is 13.8. The Balaban J connectivity index is 2.11. The summed E-state index contributed by atoms with van der Waals surface area (Å²) in [6.07, 6.45) is 3.47. The molecule has 0 amide bonds. The van der Waals surface area contributed by atoms with Crippen LogP contribution in [0.2, 0.25) is 0 Å². The molecule has 16 heavy (non-hydrogen) atoms. The van der Waals surface area contributed by atoms with Gasteiger partial charge >= 0.3 is 0 Å². The van der Waals surface area contributed by atoms with Crippen molar-refractivity contribution in [3.63, 3.8) is 0 Å². The van der Waals surface area contributed by atoms with E-state index in [2.05, 4.69) is 9.97 Å².